The fourth-order valence-electron chi connectivity index (χ4n) is 2.76. The summed E-state index contributed by atoms with van der Waals surface area (Å²) in [4.78, 5) is 45.3. The molecule has 0 saturated heterocycles. The lowest BCUT2D eigenvalue weighted by atomic mass is 10.1. The van der Waals surface area contributed by atoms with Crippen molar-refractivity contribution in [1.29, 1.82) is 0 Å². The molecule has 10 heteroatoms. The average molecular weight is 382 g/mol. The minimum Gasteiger partial charge on any atom is -0.324 e. The van der Waals surface area contributed by atoms with Gasteiger partial charge in [0.2, 0.25) is 5.91 Å². The standard InChI is InChI=1S/C18H14N4O6/c1-11-2-4-14(22(27)28)9-15(11)19-17(23)10-20-16-6-5-13(21(25)26)8-12(16)3-7-18(20)24/h2-9H,10H2,1H3,(H,19,23). The van der Waals surface area contributed by atoms with Crippen molar-refractivity contribution < 1.29 is 14.6 Å². The van der Waals surface area contributed by atoms with E-state index >= 15 is 0 Å². The molecule has 0 atom stereocenters. The second kappa shape index (κ2) is 7.27. The monoisotopic (exact) mass is 382 g/mol. The number of hydrogen-bond donors (Lipinski definition) is 1. The van der Waals surface area contributed by atoms with Gasteiger partial charge in [0.15, 0.2) is 0 Å². The number of nitro groups is 2. The zero-order valence-electron chi connectivity index (χ0n) is 14.6. The molecule has 0 aliphatic rings. The molecule has 1 heterocycles. The first-order valence-electron chi connectivity index (χ1n) is 8.09. The van der Waals surface area contributed by atoms with E-state index in [0.29, 0.717) is 16.5 Å². The highest BCUT2D eigenvalue weighted by atomic mass is 16.6. The van der Waals surface area contributed by atoms with Gasteiger partial charge in [-0.1, -0.05) is 6.07 Å². The first-order valence-corrected chi connectivity index (χ1v) is 8.09. The number of nitrogens with zero attached hydrogens (tertiary/aromatic N) is 3. The van der Waals surface area contributed by atoms with E-state index in [1.165, 1.54) is 53.1 Å². The maximum absolute atomic E-state index is 12.4. The summed E-state index contributed by atoms with van der Waals surface area (Å²) in [6.07, 6.45) is 0. The number of anilines is 1. The number of aromatic nitrogens is 1. The molecule has 0 fully saturated rings. The van der Waals surface area contributed by atoms with Crippen molar-refractivity contribution in [2.24, 2.45) is 0 Å². The molecule has 0 bridgehead atoms. The van der Waals surface area contributed by atoms with Gasteiger partial charge in [-0.3, -0.25) is 34.4 Å². The summed E-state index contributed by atoms with van der Waals surface area (Å²) in [6.45, 7) is 1.33. The molecule has 0 saturated carbocycles. The van der Waals surface area contributed by atoms with Crippen LogP contribution in [0.25, 0.3) is 10.9 Å². The Morgan fingerprint density at radius 3 is 2.32 bits per heavy atom. The third kappa shape index (κ3) is 3.70. The van der Waals surface area contributed by atoms with Crippen molar-refractivity contribution in [2.45, 2.75) is 13.5 Å². The van der Waals surface area contributed by atoms with E-state index in [0.717, 1.165) is 0 Å². The van der Waals surface area contributed by atoms with Crippen LogP contribution >= 0.6 is 0 Å². The van der Waals surface area contributed by atoms with Crippen molar-refractivity contribution >= 4 is 33.9 Å². The number of carbonyl (C=O) groups is 1. The SMILES string of the molecule is Cc1ccc([N+](=O)[O-])cc1NC(=O)Cn1c(=O)ccc2cc([N+](=O)[O-])ccc21. The molecule has 1 N–H and O–H groups in total. The summed E-state index contributed by atoms with van der Waals surface area (Å²) in [6, 6.07) is 10.7. The number of benzene rings is 2. The zero-order valence-corrected chi connectivity index (χ0v) is 14.6. The van der Waals surface area contributed by atoms with Crippen LogP contribution in [0.1, 0.15) is 5.56 Å². The summed E-state index contributed by atoms with van der Waals surface area (Å²) in [5.74, 6) is -0.559. The molecule has 28 heavy (non-hydrogen) atoms. The Balaban J connectivity index is 1.92. The highest BCUT2D eigenvalue weighted by Gasteiger charge is 2.14. The van der Waals surface area contributed by atoms with E-state index in [2.05, 4.69) is 5.32 Å². The van der Waals surface area contributed by atoms with Crippen LogP contribution in [-0.4, -0.2) is 20.3 Å². The smallest absolute Gasteiger partial charge is 0.271 e. The number of rotatable bonds is 5. The van der Waals surface area contributed by atoms with Crippen LogP contribution in [0.15, 0.2) is 53.3 Å². The molecule has 3 rings (SSSR count). The van der Waals surface area contributed by atoms with Gasteiger partial charge < -0.3 is 5.32 Å². The predicted molar refractivity (Wildman–Crippen MR) is 101 cm³/mol. The molecule has 142 valence electrons. The van der Waals surface area contributed by atoms with E-state index in [1.807, 2.05) is 0 Å². The van der Waals surface area contributed by atoms with Gasteiger partial charge in [-0.25, -0.2) is 0 Å². The predicted octanol–water partition coefficient (Wildman–Crippen LogP) is 2.77. The highest BCUT2D eigenvalue weighted by Crippen LogP contribution is 2.22. The fraction of sp³-hybridized carbons (Fsp3) is 0.111. The van der Waals surface area contributed by atoms with Gasteiger partial charge in [-0.05, 0) is 24.6 Å². The second-order valence-electron chi connectivity index (χ2n) is 6.06. The van der Waals surface area contributed by atoms with Gasteiger partial charge in [0.25, 0.3) is 16.9 Å². The van der Waals surface area contributed by atoms with Crippen molar-refractivity contribution in [3.05, 3.63) is 84.7 Å². The van der Waals surface area contributed by atoms with Crippen LogP contribution in [0.4, 0.5) is 17.1 Å². The third-order valence-electron chi connectivity index (χ3n) is 4.19. The Hall–Kier alpha value is -4.08. The minimum absolute atomic E-state index is 0.130. The van der Waals surface area contributed by atoms with Gasteiger partial charge in [0, 0.05) is 35.7 Å². The zero-order chi connectivity index (χ0) is 20.4. The van der Waals surface area contributed by atoms with Gasteiger partial charge in [0.05, 0.1) is 21.1 Å². The number of amides is 1. The molecule has 0 spiro atoms. The number of carbonyl (C=O) groups excluding carboxylic acids is 1. The molecular weight excluding hydrogens is 368 g/mol. The molecular formula is C18H14N4O6. The summed E-state index contributed by atoms with van der Waals surface area (Å²) in [5, 5.41) is 24.8. The molecule has 10 nitrogen and oxygen atoms in total. The van der Waals surface area contributed by atoms with Gasteiger partial charge in [-0.15, -0.1) is 0 Å². The Morgan fingerprint density at radius 2 is 1.64 bits per heavy atom. The molecule has 0 unspecified atom stereocenters. The lowest BCUT2D eigenvalue weighted by Crippen LogP contribution is -2.27. The van der Waals surface area contributed by atoms with Crippen molar-refractivity contribution in [1.82, 2.24) is 4.57 Å². The molecule has 2 aromatic carbocycles. The van der Waals surface area contributed by atoms with E-state index < -0.39 is 21.3 Å². The summed E-state index contributed by atoms with van der Waals surface area (Å²) >= 11 is 0. The number of fused-ring (bicyclic) bond motifs is 1. The Labute approximate surface area is 157 Å². The Bertz CT molecular complexity index is 1180. The summed E-state index contributed by atoms with van der Waals surface area (Å²) in [7, 11) is 0. The Morgan fingerprint density at radius 1 is 1.00 bits per heavy atom. The largest absolute Gasteiger partial charge is 0.324 e. The molecule has 1 aromatic heterocycles. The topological polar surface area (TPSA) is 137 Å². The van der Waals surface area contributed by atoms with Crippen LogP contribution in [0.3, 0.4) is 0 Å². The first-order chi connectivity index (χ1) is 13.3. The highest BCUT2D eigenvalue weighted by molar-refractivity contribution is 5.93. The van der Waals surface area contributed by atoms with Crippen molar-refractivity contribution in [2.75, 3.05) is 5.32 Å². The van der Waals surface area contributed by atoms with E-state index in [1.54, 1.807) is 6.92 Å². The first kappa shape index (κ1) is 18.7. The summed E-state index contributed by atoms with van der Waals surface area (Å²) in [5.41, 5.74) is 0.504. The third-order valence-corrected chi connectivity index (χ3v) is 4.19. The molecule has 0 radical (unpaired) electrons. The summed E-state index contributed by atoms with van der Waals surface area (Å²) < 4.78 is 1.18. The maximum Gasteiger partial charge on any atom is 0.271 e. The van der Waals surface area contributed by atoms with E-state index in [4.69, 9.17) is 0 Å². The normalized spacial score (nSPS) is 10.6. The van der Waals surface area contributed by atoms with Crippen LogP contribution in [-0.2, 0) is 11.3 Å². The van der Waals surface area contributed by atoms with Crippen LogP contribution in [0.2, 0.25) is 0 Å². The Kier molecular flexibility index (Phi) is 4.86. The second-order valence-corrected chi connectivity index (χ2v) is 6.06. The van der Waals surface area contributed by atoms with Crippen molar-refractivity contribution in [3.63, 3.8) is 0 Å². The molecule has 0 aliphatic carbocycles. The molecule has 1 amide bonds. The van der Waals surface area contributed by atoms with Crippen LogP contribution < -0.4 is 10.9 Å². The van der Waals surface area contributed by atoms with Gasteiger partial charge in [-0.2, -0.15) is 0 Å². The number of nitro benzene ring substituents is 2. The van der Waals surface area contributed by atoms with Crippen LogP contribution in [0, 0.1) is 27.2 Å². The lowest BCUT2D eigenvalue weighted by Gasteiger charge is -2.12. The fourth-order valence-corrected chi connectivity index (χ4v) is 2.76. The average Bonchev–Trinajstić information content (AvgIpc) is 2.65. The number of non-ortho nitro benzene ring substituents is 2. The lowest BCUT2D eigenvalue weighted by molar-refractivity contribution is -0.384. The molecule has 0 aliphatic heterocycles. The molecule has 3 aromatic rings. The number of hydrogen-bond acceptors (Lipinski definition) is 6. The van der Waals surface area contributed by atoms with Crippen molar-refractivity contribution in [3.8, 4) is 0 Å². The maximum atomic E-state index is 12.4. The number of pyridine rings is 1. The number of nitrogens with one attached hydrogen (secondary N) is 1. The quantitative estimate of drug-likeness (QED) is 0.532. The van der Waals surface area contributed by atoms with Gasteiger partial charge in [0.1, 0.15) is 6.54 Å². The van der Waals surface area contributed by atoms with E-state index in [9.17, 15) is 29.8 Å². The van der Waals surface area contributed by atoms with Gasteiger partial charge >= 0.3 is 0 Å². The van der Waals surface area contributed by atoms with E-state index in [-0.39, 0.29) is 23.6 Å². The minimum atomic E-state index is -0.572. The number of aryl methyl sites for hydroxylation is 1. The van der Waals surface area contributed by atoms with Crippen LogP contribution in [0.5, 0.6) is 0 Å².